The van der Waals surface area contributed by atoms with Gasteiger partial charge in [0.05, 0.1) is 12.0 Å². The van der Waals surface area contributed by atoms with E-state index in [2.05, 4.69) is 0 Å². The zero-order chi connectivity index (χ0) is 18.0. The third-order valence-corrected chi connectivity index (χ3v) is 5.55. The SMILES string of the molecule is COc1ccc(F)cc1-c1ccc(S(=O)(=O)c2ccccc2)c(F)c1. The van der Waals surface area contributed by atoms with Crippen LogP contribution in [-0.2, 0) is 9.84 Å². The van der Waals surface area contributed by atoms with Crippen LogP contribution in [0.4, 0.5) is 8.78 Å². The van der Waals surface area contributed by atoms with Gasteiger partial charge in [-0.1, -0.05) is 24.3 Å². The van der Waals surface area contributed by atoms with Crippen molar-refractivity contribution >= 4 is 9.84 Å². The van der Waals surface area contributed by atoms with Gasteiger partial charge >= 0.3 is 0 Å². The number of benzene rings is 3. The van der Waals surface area contributed by atoms with E-state index >= 15 is 0 Å². The molecule has 0 unspecified atom stereocenters. The summed E-state index contributed by atoms with van der Waals surface area (Å²) in [6.45, 7) is 0. The minimum atomic E-state index is -3.97. The van der Waals surface area contributed by atoms with Crippen molar-refractivity contribution in [2.45, 2.75) is 9.79 Å². The van der Waals surface area contributed by atoms with E-state index in [-0.39, 0.29) is 4.90 Å². The number of halogens is 2. The highest BCUT2D eigenvalue weighted by molar-refractivity contribution is 7.91. The van der Waals surface area contributed by atoms with E-state index in [1.54, 1.807) is 18.2 Å². The molecule has 0 saturated heterocycles. The first-order chi connectivity index (χ1) is 11.9. The Hall–Kier alpha value is -2.73. The van der Waals surface area contributed by atoms with E-state index < -0.39 is 26.4 Å². The third-order valence-electron chi connectivity index (χ3n) is 3.75. The molecule has 0 aliphatic rings. The van der Waals surface area contributed by atoms with Crippen LogP contribution in [0.15, 0.2) is 76.5 Å². The highest BCUT2D eigenvalue weighted by Crippen LogP contribution is 2.33. The number of rotatable bonds is 4. The molecule has 25 heavy (non-hydrogen) atoms. The van der Waals surface area contributed by atoms with Crippen molar-refractivity contribution < 1.29 is 21.9 Å². The molecule has 3 aromatic carbocycles. The van der Waals surface area contributed by atoms with Crippen molar-refractivity contribution in [2.75, 3.05) is 7.11 Å². The number of ether oxygens (including phenoxy) is 1. The predicted molar refractivity (Wildman–Crippen MR) is 90.2 cm³/mol. The molecule has 0 aliphatic carbocycles. The fraction of sp³-hybridized carbons (Fsp3) is 0.0526. The molecular formula is C19H14F2O3S. The van der Waals surface area contributed by atoms with E-state index in [9.17, 15) is 17.2 Å². The summed E-state index contributed by atoms with van der Waals surface area (Å²) in [5.74, 6) is -1.05. The van der Waals surface area contributed by atoms with E-state index in [0.29, 0.717) is 16.9 Å². The van der Waals surface area contributed by atoms with Crippen LogP contribution in [0, 0.1) is 11.6 Å². The second-order valence-corrected chi connectivity index (χ2v) is 7.22. The van der Waals surface area contributed by atoms with Crippen molar-refractivity contribution in [3.05, 3.63) is 78.4 Å². The van der Waals surface area contributed by atoms with E-state index in [0.717, 1.165) is 6.07 Å². The fourth-order valence-electron chi connectivity index (χ4n) is 2.52. The third kappa shape index (κ3) is 3.25. The van der Waals surface area contributed by atoms with Gasteiger partial charge in [-0.25, -0.2) is 17.2 Å². The van der Waals surface area contributed by atoms with Gasteiger partial charge in [-0.05, 0) is 48.0 Å². The molecule has 0 N–H and O–H groups in total. The molecule has 3 rings (SSSR count). The summed E-state index contributed by atoms with van der Waals surface area (Å²) in [4.78, 5) is -0.428. The van der Waals surface area contributed by atoms with Crippen LogP contribution >= 0.6 is 0 Å². The summed E-state index contributed by atoms with van der Waals surface area (Å²) in [5.41, 5.74) is 0.658. The van der Waals surface area contributed by atoms with Gasteiger partial charge in [0.15, 0.2) is 0 Å². The topological polar surface area (TPSA) is 43.4 Å². The minimum Gasteiger partial charge on any atom is -0.496 e. The zero-order valence-corrected chi connectivity index (χ0v) is 14.1. The first kappa shape index (κ1) is 17.1. The summed E-state index contributed by atoms with van der Waals surface area (Å²) in [7, 11) is -2.55. The molecule has 0 fully saturated rings. The monoisotopic (exact) mass is 360 g/mol. The second-order valence-electron chi connectivity index (χ2n) is 5.31. The molecule has 0 bridgehead atoms. The lowest BCUT2D eigenvalue weighted by Crippen LogP contribution is -2.04. The van der Waals surface area contributed by atoms with Gasteiger partial charge < -0.3 is 4.74 Å². The van der Waals surface area contributed by atoms with Crippen LogP contribution in [0.1, 0.15) is 0 Å². The first-order valence-corrected chi connectivity index (χ1v) is 8.85. The van der Waals surface area contributed by atoms with Crippen molar-refractivity contribution in [1.29, 1.82) is 0 Å². The zero-order valence-electron chi connectivity index (χ0n) is 13.2. The van der Waals surface area contributed by atoms with Crippen molar-refractivity contribution in [3.8, 4) is 16.9 Å². The maximum Gasteiger partial charge on any atom is 0.209 e. The average Bonchev–Trinajstić information content (AvgIpc) is 2.62. The molecule has 0 heterocycles. The number of methoxy groups -OCH3 is 1. The molecular weight excluding hydrogens is 346 g/mol. The Balaban J connectivity index is 2.10. The Labute approximate surface area is 144 Å². The van der Waals surface area contributed by atoms with Gasteiger partial charge in [-0.2, -0.15) is 0 Å². The quantitative estimate of drug-likeness (QED) is 0.689. The first-order valence-electron chi connectivity index (χ1n) is 7.37. The summed E-state index contributed by atoms with van der Waals surface area (Å²) < 4.78 is 58.3. The minimum absolute atomic E-state index is 0.00462. The largest absolute Gasteiger partial charge is 0.496 e. The lowest BCUT2D eigenvalue weighted by molar-refractivity contribution is 0.415. The Morgan fingerprint density at radius 1 is 0.880 bits per heavy atom. The summed E-state index contributed by atoms with van der Waals surface area (Å²) >= 11 is 0. The van der Waals surface area contributed by atoms with Gasteiger partial charge in [-0.15, -0.1) is 0 Å². The normalized spacial score (nSPS) is 11.3. The summed E-state index contributed by atoms with van der Waals surface area (Å²) in [6.07, 6.45) is 0. The van der Waals surface area contributed by atoms with Crippen LogP contribution in [-0.4, -0.2) is 15.5 Å². The highest BCUT2D eigenvalue weighted by atomic mass is 32.2. The lowest BCUT2D eigenvalue weighted by Gasteiger charge is -2.11. The van der Waals surface area contributed by atoms with Gasteiger partial charge in [0, 0.05) is 5.56 Å². The molecule has 0 spiro atoms. The van der Waals surface area contributed by atoms with Gasteiger partial charge in [0.25, 0.3) is 0 Å². The molecule has 3 nitrogen and oxygen atoms in total. The van der Waals surface area contributed by atoms with Crippen LogP contribution in [0.3, 0.4) is 0 Å². The molecule has 128 valence electrons. The Bertz CT molecular complexity index is 1020. The molecule has 0 aromatic heterocycles. The molecule has 0 radical (unpaired) electrons. The lowest BCUT2D eigenvalue weighted by atomic mass is 10.0. The predicted octanol–water partition coefficient (Wildman–Crippen LogP) is 4.47. The van der Waals surface area contributed by atoms with E-state index in [4.69, 9.17) is 4.74 Å². The van der Waals surface area contributed by atoms with E-state index in [1.807, 2.05) is 0 Å². The highest BCUT2D eigenvalue weighted by Gasteiger charge is 2.22. The molecule has 0 atom stereocenters. The van der Waals surface area contributed by atoms with Crippen LogP contribution in [0.2, 0.25) is 0 Å². The molecule has 3 aromatic rings. The van der Waals surface area contributed by atoms with Gasteiger partial charge in [0.1, 0.15) is 22.3 Å². The van der Waals surface area contributed by atoms with Crippen molar-refractivity contribution in [2.24, 2.45) is 0 Å². The van der Waals surface area contributed by atoms with Crippen molar-refractivity contribution in [1.82, 2.24) is 0 Å². The van der Waals surface area contributed by atoms with E-state index in [1.165, 1.54) is 49.6 Å². The maximum absolute atomic E-state index is 14.5. The average molecular weight is 360 g/mol. The summed E-state index contributed by atoms with van der Waals surface area (Å²) in [5, 5.41) is 0. The molecule has 6 heteroatoms. The Kier molecular flexibility index (Phi) is 4.55. The second kappa shape index (κ2) is 6.64. The van der Waals surface area contributed by atoms with Gasteiger partial charge in [-0.3, -0.25) is 0 Å². The standard InChI is InChI=1S/C19H14F2O3S/c1-24-18-9-8-14(20)12-16(18)13-7-10-19(17(21)11-13)25(22,23)15-5-3-2-4-6-15/h2-12H,1H3. The van der Waals surface area contributed by atoms with Crippen molar-refractivity contribution in [3.63, 3.8) is 0 Å². The fourth-order valence-corrected chi connectivity index (χ4v) is 3.85. The van der Waals surface area contributed by atoms with Gasteiger partial charge in [0.2, 0.25) is 9.84 Å². The smallest absolute Gasteiger partial charge is 0.209 e. The number of sulfone groups is 1. The number of hydrogen-bond donors (Lipinski definition) is 0. The molecule has 0 amide bonds. The number of hydrogen-bond acceptors (Lipinski definition) is 3. The van der Waals surface area contributed by atoms with Crippen LogP contribution < -0.4 is 4.74 Å². The van der Waals surface area contributed by atoms with Crippen LogP contribution in [0.5, 0.6) is 5.75 Å². The Morgan fingerprint density at radius 3 is 2.24 bits per heavy atom. The molecule has 0 saturated carbocycles. The molecule has 0 aliphatic heterocycles. The van der Waals surface area contributed by atoms with Crippen LogP contribution in [0.25, 0.3) is 11.1 Å². The summed E-state index contributed by atoms with van der Waals surface area (Å²) in [6, 6.07) is 15.1. The Morgan fingerprint density at radius 2 is 1.60 bits per heavy atom. The maximum atomic E-state index is 14.5.